The molecule has 0 radical (unpaired) electrons. The number of aromatic nitrogens is 2. The second-order valence-corrected chi connectivity index (χ2v) is 5.37. The van der Waals surface area contributed by atoms with Gasteiger partial charge in [0.15, 0.2) is 0 Å². The molecule has 0 aliphatic carbocycles. The molecule has 0 saturated heterocycles. The van der Waals surface area contributed by atoms with Gasteiger partial charge in [0.2, 0.25) is 0 Å². The van der Waals surface area contributed by atoms with Crippen molar-refractivity contribution in [1.82, 2.24) is 9.97 Å². The molecule has 18 heavy (non-hydrogen) atoms. The van der Waals surface area contributed by atoms with Crippen LogP contribution in [0.4, 0.5) is 0 Å². The number of aromatic amines is 1. The highest BCUT2D eigenvalue weighted by molar-refractivity contribution is 9.09. The Labute approximate surface area is 116 Å². The van der Waals surface area contributed by atoms with Crippen molar-refractivity contribution in [3.05, 3.63) is 41.0 Å². The zero-order valence-corrected chi connectivity index (χ0v) is 11.5. The minimum atomic E-state index is -0.285. The molecule has 90 valence electrons. The number of pyridine rings is 1. The third kappa shape index (κ3) is 1.82. The summed E-state index contributed by atoms with van der Waals surface area (Å²) < 4.78 is 0. The number of nitrogens with zero attached hydrogens (tertiary/aromatic N) is 1. The summed E-state index contributed by atoms with van der Waals surface area (Å²) >= 11 is 9.19. The van der Waals surface area contributed by atoms with Crippen LogP contribution in [0.3, 0.4) is 0 Å². The molecule has 2 heterocycles. The SMILES string of the molecule is O=CC(Br)c1ccc2[nH]c3nc(Cl)ccc3c2c1. The first-order valence-corrected chi connectivity index (χ1v) is 6.65. The number of rotatable bonds is 2. The smallest absolute Gasteiger partial charge is 0.140 e. The number of halogens is 2. The molecule has 2 aromatic heterocycles. The van der Waals surface area contributed by atoms with E-state index in [4.69, 9.17) is 11.6 Å². The molecule has 0 spiro atoms. The van der Waals surface area contributed by atoms with Crippen LogP contribution in [0.1, 0.15) is 10.4 Å². The van der Waals surface area contributed by atoms with Crippen LogP contribution in [0.25, 0.3) is 21.9 Å². The minimum absolute atomic E-state index is 0.285. The number of benzene rings is 1. The van der Waals surface area contributed by atoms with E-state index < -0.39 is 0 Å². The minimum Gasteiger partial charge on any atom is -0.339 e. The molecule has 0 aliphatic heterocycles. The first kappa shape index (κ1) is 11.7. The Morgan fingerprint density at radius 1 is 1.28 bits per heavy atom. The summed E-state index contributed by atoms with van der Waals surface area (Å²) in [5, 5.41) is 2.50. The fourth-order valence-corrected chi connectivity index (χ4v) is 2.45. The number of fused-ring (bicyclic) bond motifs is 3. The van der Waals surface area contributed by atoms with Gasteiger partial charge in [0.25, 0.3) is 0 Å². The monoisotopic (exact) mass is 322 g/mol. The van der Waals surface area contributed by atoms with Crippen molar-refractivity contribution in [2.24, 2.45) is 0 Å². The number of aldehydes is 1. The lowest BCUT2D eigenvalue weighted by Crippen LogP contribution is -1.89. The molecule has 0 aliphatic rings. The van der Waals surface area contributed by atoms with Crippen LogP contribution in [-0.2, 0) is 4.79 Å². The zero-order valence-electron chi connectivity index (χ0n) is 9.15. The molecule has 0 saturated carbocycles. The Morgan fingerprint density at radius 3 is 2.89 bits per heavy atom. The summed E-state index contributed by atoms with van der Waals surface area (Å²) in [7, 11) is 0. The fraction of sp³-hybridized carbons (Fsp3) is 0.0769. The number of H-pyrrole nitrogens is 1. The predicted octanol–water partition coefficient (Wildman–Crippen LogP) is 4.00. The van der Waals surface area contributed by atoms with Gasteiger partial charge in [0, 0.05) is 16.3 Å². The Morgan fingerprint density at radius 2 is 2.11 bits per heavy atom. The highest BCUT2D eigenvalue weighted by Gasteiger charge is 2.10. The summed E-state index contributed by atoms with van der Waals surface area (Å²) in [6, 6.07) is 9.52. The molecule has 1 N–H and O–H groups in total. The second-order valence-electron chi connectivity index (χ2n) is 4.00. The number of alkyl halides is 1. The standard InChI is InChI=1S/C13H8BrClN2O/c14-10(6-18)7-1-3-11-9(5-7)8-2-4-12(15)17-13(8)16-11/h1-6,10H,(H,16,17). The van der Waals surface area contributed by atoms with Gasteiger partial charge >= 0.3 is 0 Å². The van der Waals surface area contributed by atoms with E-state index >= 15 is 0 Å². The van der Waals surface area contributed by atoms with Gasteiger partial charge in [0.1, 0.15) is 17.1 Å². The molecule has 0 bridgehead atoms. The maximum atomic E-state index is 10.8. The van der Waals surface area contributed by atoms with Gasteiger partial charge in [-0.1, -0.05) is 33.6 Å². The average molecular weight is 324 g/mol. The number of hydrogen-bond acceptors (Lipinski definition) is 2. The van der Waals surface area contributed by atoms with Crippen molar-refractivity contribution < 1.29 is 4.79 Å². The molecule has 1 aromatic carbocycles. The van der Waals surface area contributed by atoms with Crippen LogP contribution in [0.15, 0.2) is 30.3 Å². The lowest BCUT2D eigenvalue weighted by atomic mass is 10.1. The van der Waals surface area contributed by atoms with E-state index in [1.54, 1.807) is 6.07 Å². The predicted molar refractivity (Wildman–Crippen MR) is 76.3 cm³/mol. The third-order valence-electron chi connectivity index (χ3n) is 2.89. The molecule has 1 atom stereocenters. The maximum Gasteiger partial charge on any atom is 0.140 e. The van der Waals surface area contributed by atoms with E-state index in [9.17, 15) is 4.79 Å². The zero-order chi connectivity index (χ0) is 12.7. The maximum absolute atomic E-state index is 10.8. The van der Waals surface area contributed by atoms with Gasteiger partial charge in [-0.2, -0.15) is 0 Å². The molecular weight excluding hydrogens is 316 g/mol. The first-order chi connectivity index (χ1) is 8.69. The van der Waals surface area contributed by atoms with Crippen LogP contribution < -0.4 is 0 Å². The molecule has 0 fully saturated rings. The normalized spacial score (nSPS) is 13.0. The lowest BCUT2D eigenvalue weighted by Gasteiger charge is -2.02. The molecule has 0 amide bonds. The number of hydrogen-bond donors (Lipinski definition) is 1. The van der Waals surface area contributed by atoms with Gasteiger partial charge < -0.3 is 9.78 Å². The number of carbonyl (C=O) groups excluding carboxylic acids is 1. The third-order valence-corrected chi connectivity index (χ3v) is 3.84. The summed E-state index contributed by atoms with van der Waals surface area (Å²) in [6.45, 7) is 0. The van der Waals surface area contributed by atoms with Crippen molar-refractivity contribution >= 4 is 55.8 Å². The molecular formula is C13H8BrClN2O. The quantitative estimate of drug-likeness (QED) is 0.440. The first-order valence-electron chi connectivity index (χ1n) is 5.36. The lowest BCUT2D eigenvalue weighted by molar-refractivity contribution is -0.107. The highest BCUT2D eigenvalue weighted by atomic mass is 79.9. The van der Waals surface area contributed by atoms with Gasteiger partial charge in [-0.05, 0) is 29.8 Å². The van der Waals surface area contributed by atoms with E-state index in [1.165, 1.54) is 0 Å². The van der Waals surface area contributed by atoms with Crippen molar-refractivity contribution in [2.75, 3.05) is 0 Å². The van der Waals surface area contributed by atoms with Crippen molar-refractivity contribution in [2.45, 2.75) is 4.83 Å². The van der Waals surface area contributed by atoms with Crippen LogP contribution in [0, 0.1) is 0 Å². The van der Waals surface area contributed by atoms with Gasteiger partial charge in [0.05, 0.1) is 4.83 Å². The van der Waals surface area contributed by atoms with Crippen molar-refractivity contribution in [1.29, 1.82) is 0 Å². The Balaban J connectivity index is 2.32. The van der Waals surface area contributed by atoms with Crippen molar-refractivity contribution in [3.8, 4) is 0 Å². The highest BCUT2D eigenvalue weighted by Crippen LogP contribution is 2.29. The van der Waals surface area contributed by atoms with Crippen LogP contribution in [-0.4, -0.2) is 16.3 Å². The summed E-state index contributed by atoms with van der Waals surface area (Å²) in [6.07, 6.45) is 0.866. The second kappa shape index (κ2) is 4.37. The van der Waals surface area contributed by atoms with Gasteiger partial charge in [-0.25, -0.2) is 4.98 Å². The van der Waals surface area contributed by atoms with Crippen molar-refractivity contribution in [3.63, 3.8) is 0 Å². The average Bonchev–Trinajstić information content (AvgIpc) is 2.74. The van der Waals surface area contributed by atoms with Gasteiger partial charge in [-0.15, -0.1) is 0 Å². The summed E-state index contributed by atoms with van der Waals surface area (Å²) in [4.78, 5) is 18.0. The molecule has 3 nitrogen and oxygen atoms in total. The fourth-order valence-electron chi connectivity index (χ4n) is 2.02. The van der Waals surface area contributed by atoms with E-state index in [0.29, 0.717) is 5.15 Å². The molecule has 5 heteroatoms. The van der Waals surface area contributed by atoms with Crippen LogP contribution in [0.2, 0.25) is 5.15 Å². The van der Waals surface area contributed by atoms with E-state index in [1.807, 2.05) is 24.3 Å². The molecule has 3 rings (SSSR count). The van der Waals surface area contributed by atoms with E-state index in [0.717, 1.165) is 33.8 Å². The van der Waals surface area contributed by atoms with Crippen LogP contribution in [0.5, 0.6) is 0 Å². The van der Waals surface area contributed by atoms with Gasteiger partial charge in [-0.3, -0.25) is 0 Å². The number of nitrogens with one attached hydrogen (secondary N) is 1. The topological polar surface area (TPSA) is 45.8 Å². The van der Waals surface area contributed by atoms with E-state index in [-0.39, 0.29) is 4.83 Å². The molecule has 3 aromatic rings. The Kier molecular flexibility index (Phi) is 2.84. The largest absolute Gasteiger partial charge is 0.339 e. The summed E-state index contributed by atoms with van der Waals surface area (Å²) in [5.74, 6) is 0. The Bertz CT molecular complexity index is 753. The number of carbonyl (C=O) groups is 1. The molecule has 1 unspecified atom stereocenters. The Hall–Kier alpha value is -1.39. The summed E-state index contributed by atoms with van der Waals surface area (Å²) in [5.41, 5.74) is 2.66. The van der Waals surface area contributed by atoms with E-state index in [2.05, 4.69) is 25.9 Å². The van der Waals surface area contributed by atoms with Crippen LogP contribution >= 0.6 is 27.5 Å².